The molecule has 0 nitrogen and oxygen atoms in total. The normalized spacial score (nSPS) is 13.0. The summed E-state index contributed by atoms with van der Waals surface area (Å²) in [5.74, 6) is 0. The third kappa shape index (κ3) is 11.5. The first-order chi connectivity index (χ1) is 14.2. The molecule has 168 valence electrons. The molecule has 0 heterocycles. The van der Waals surface area contributed by atoms with Crippen LogP contribution in [0.3, 0.4) is 0 Å². The summed E-state index contributed by atoms with van der Waals surface area (Å²) in [6.45, 7) is 9.54. The molecule has 0 fully saturated rings. The van der Waals surface area contributed by atoms with Crippen LogP contribution in [0, 0.1) is 0 Å². The van der Waals surface area contributed by atoms with E-state index in [2.05, 4.69) is 69.8 Å². The SMILES string of the molecule is CCCCCCCC[CH](Sc1ccccc1)[Sn]([CH2]CCC)([CH2]CCC)[CH2]CCC. The molecule has 29 heavy (non-hydrogen) atoms. The first-order valence-electron chi connectivity index (χ1n) is 12.9. The maximum absolute atomic E-state index is 2.41. The Labute approximate surface area is 192 Å². The molecule has 0 saturated heterocycles. The second-order valence-corrected chi connectivity index (χ2v) is 25.7. The Hall–Kier alpha value is 0.369. The fourth-order valence-corrected chi connectivity index (χ4v) is 27.8. The van der Waals surface area contributed by atoms with E-state index in [1.165, 1.54) is 88.4 Å². The Balaban J connectivity index is 2.96. The quantitative estimate of drug-likeness (QED) is 0.0984. The fourth-order valence-electron chi connectivity index (χ4n) is 4.71. The molecule has 0 bridgehead atoms. The molecule has 1 rings (SSSR count). The zero-order valence-corrected chi connectivity index (χ0v) is 23.9. The van der Waals surface area contributed by atoms with Crippen molar-refractivity contribution in [2.24, 2.45) is 0 Å². The molecular formula is C27H50SSn. The number of hydrogen-bond donors (Lipinski definition) is 0. The topological polar surface area (TPSA) is 0 Å². The summed E-state index contributed by atoms with van der Waals surface area (Å²) in [5, 5.41) is 0. The van der Waals surface area contributed by atoms with Gasteiger partial charge in [0.15, 0.2) is 0 Å². The third-order valence-corrected chi connectivity index (χ3v) is 28.3. The van der Waals surface area contributed by atoms with Gasteiger partial charge in [0.2, 0.25) is 0 Å². The molecule has 1 unspecified atom stereocenters. The van der Waals surface area contributed by atoms with Gasteiger partial charge >= 0.3 is 193 Å². The van der Waals surface area contributed by atoms with Gasteiger partial charge in [-0.2, -0.15) is 0 Å². The van der Waals surface area contributed by atoms with Gasteiger partial charge in [0.25, 0.3) is 0 Å². The van der Waals surface area contributed by atoms with E-state index in [0.717, 1.165) is 3.27 Å². The minimum absolute atomic E-state index is 0.988. The first-order valence-corrected chi connectivity index (χ1v) is 21.5. The molecule has 1 aromatic rings. The van der Waals surface area contributed by atoms with Gasteiger partial charge in [0, 0.05) is 0 Å². The van der Waals surface area contributed by atoms with Crippen LogP contribution in [0.25, 0.3) is 0 Å². The molecule has 2 heteroatoms. The van der Waals surface area contributed by atoms with E-state index in [9.17, 15) is 0 Å². The Morgan fingerprint density at radius 2 is 1.10 bits per heavy atom. The van der Waals surface area contributed by atoms with E-state index < -0.39 is 18.4 Å². The summed E-state index contributed by atoms with van der Waals surface area (Å²) in [6.07, 6.45) is 18.7. The van der Waals surface area contributed by atoms with Gasteiger partial charge in [0.05, 0.1) is 0 Å². The summed E-state index contributed by atoms with van der Waals surface area (Å²) < 4.78 is 5.92. The van der Waals surface area contributed by atoms with Crippen LogP contribution in [-0.4, -0.2) is 21.6 Å². The van der Waals surface area contributed by atoms with E-state index in [1.807, 2.05) is 0 Å². The summed E-state index contributed by atoms with van der Waals surface area (Å²) >= 11 is 0.0953. The third-order valence-electron chi connectivity index (χ3n) is 6.61. The summed E-state index contributed by atoms with van der Waals surface area (Å²) in [6, 6.07) is 11.4. The number of hydrogen-bond acceptors (Lipinski definition) is 1. The molecule has 0 aliphatic heterocycles. The fraction of sp³-hybridized carbons (Fsp3) is 0.778. The van der Waals surface area contributed by atoms with Crippen LogP contribution in [0.4, 0.5) is 0 Å². The van der Waals surface area contributed by atoms with E-state index >= 15 is 0 Å². The van der Waals surface area contributed by atoms with Crippen LogP contribution >= 0.6 is 11.8 Å². The molecule has 0 spiro atoms. The standard InChI is InChI=1S/C15H23S.3C4H9.Sn/c1-2-3-4-5-6-7-11-14-16-15-12-9-8-10-13-15;3*1-3-4-2;/h8-10,12-14H,2-7,11H2,1H3;3*1,3-4H2,2H3;. The van der Waals surface area contributed by atoms with Crippen molar-refractivity contribution in [3.63, 3.8) is 0 Å². The average Bonchev–Trinajstić information content (AvgIpc) is 2.76. The van der Waals surface area contributed by atoms with Crippen molar-refractivity contribution in [2.75, 3.05) is 0 Å². The monoisotopic (exact) mass is 526 g/mol. The zero-order chi connectivity index (χ0) is 21.2. The van der Waals surface area contributed by atoms with Gasteiger partial charge in [-0.05, 0) is 0 Å². The van der Waals surface area contributed by atoms with Gasteiger partial charge in [-0.25, -0.2) is 0 Å². The van der Waals surface area contributed by atoms with Crippen molar-refractivity contribution in [3.05, 3.63) is 30.3 Å². The van der Waals surface area contributed by atoms with Crippen molar-refractivity contribution >= 4 is 30.1 Å². The first kappa shape index (κ1) is 27.4. The van der Waals surface area contributed by atoms with Crippen LogP contribution in [0.1, 0.15) is 111 Å². The second-order valence-electron chi connectivity index (χ2n) is 9.15. The minimum atomic E-state index is -2.21. The predicted molar refractivity (Wildman–Crippen MR) is 139 cm³/mol. The summed E-state index contributed by atoms with van der Waals surface area (Å²) in [5.41, 5.74) is 0. The van der Waals surface area contributed by atoms with E-state index in [4.69, 9.17) is 0 Å². The second kappa shape index (κ2) is 18.0. The van der Waals surface area contributed by atoms with Crippen LogP contribution in [0.5, 0.6) is 0 Å². The Morgan fingerprint density at radius 1 is 0.621 bits per heavy atom. The Morgan fingerprint density at radius 3 is 1.62 bits per heavy atom. The van der Waals surface area contributed by atoms with Crippen molar-refractivity contribution in [3.8, 4) is 0 Å². The maximum atomic E-state index is 2.41. The molecule has 0 aliphatic carbocycles. The van der Waals surface area contributed by atoms with Crippen molar-refractivity contribution in [1.82, 2.24) is 0 Å². The molecule has 0 amide bonds. The molecule has 0 N–H and O–H groups in total. The molecule has 0 radical (unpaired) electrons. The molecule has 0 saturated carbocycles. The van der Waals surface area contributed by atoms with Crippen LogP contribution in [0.15, 0.2) is 35.2 Å². The van der Waals surface area contributed by atoms with E-state index in [-0.39, 0.29) is 0 Å². The molecule has 0 aliphatic rings. The number of thioether (sulfide) groups is 1. The molecule has 1 aromatic carbocycles. The van der Waals surface area contributed by atoms with Gasteiger partial charge in [-0.3, -0.25) is 0 Å². The predicted octanol–water partition coefficient (Wildman–Crippen LogP) is 10.3. The van der Waals surface area contributed by atoms with Crippen molar-refractivity contribution < 1.29 is 0 Å². The Kier molecular flexibility index (Phi) is 17.0. The van der Waals surface area contributed by atoms with Crippen LogP contribution < -0.4 is 0 Å². The van der Waals surface area contributed by atoms with Crippen molar-refractivity contribution in [2.45, 2.75) is 133 Å². The number of benzene rings is 1. The van der Waals surface area contributed by atoms with Gasteiger partial charge in [0.1, 0.15) is 0 Å². The summed E-state index contributed by atoms with van der Waals surface area (Å²) in [4.78, 5) is 1.54. The zero-order valence-electron chi connectivity index (χ0n) is 20.2. The van der Waals surface area contributed by atoms with Gasteiger partial charge in [-0.15, -0.1) is 0 Å². The Bertz CT molecular complexity index is 451. The van der Waals surface area contributed by atoms with Crippen LogP contribution in [0.2, 0.25) is 13.3 Å². The molecule has 0 aromatic heterocycles. The summed E-state index contributed by atoms with van der Waals surface area (Å²) in [7, 11) is 0. The van der Waals surface area contributed by atoms with Gasteiger partial charge in [-0.1, -0.05) is 0 Å². The molecular weight excluding hydrogens is 475 g/mol. The van der Waals surface area contributed by atoms with Crippen LogP contribution in [-0.2, 0) is 0 Å². The van der Waals surface area contributed by atoms with E-state index in [0.29, 0.717) is 0 Å². The number of unbranched alkanes of at least 4 members (excludes halogenated alkanes) is 8. The molecule has 1 atom stereocenters. The number of rotatable bonds is 19. The van der Waals surface area contributed by atoms with Gasteiger partial charge < -0.3 is 0 Å². The van der Waals surface area contributed by atoms with Crippen molar-refractivity contribution in [1.29, 1.82) is 0 Å². The average molecular weight is 525 g/mol. The van der Waals surface area contributed by atoms with E-state index in [1.54, 1.807) is 13.3 Å².